The first-order valence-electron chi connectivity index (χ1n) is 8.67. The van der Waals surface area contributed by atoms with Crippen molar-refractivity contribution in [3.05, 3.63) is 93.8 Å². The number of carbonyl (C=O) groups excluding carboxylic acids is 2. The molecule has 0 radical (unpaired) electrons. The average Bonchev–Trinajstić information content (AvgIpc) is 3.00. The molecule has 136 valence electrons. The highest BCUT2D eigenvalue weighted by atomic mass is 16.5. The molecule has 0 saturated carbocycles. The summed E-state index contributed by atoms with van der Waals surface area (Å²) in [4.78, 5) is 28.6. The number of aromatic amines is 1. The lowest BCUT2D eigenvalue weighted by atomic mass is 9.95. The van der Waals surface area contributed by atoms with Gasteiger partial charge >= 0.3 is 5.97 Å². The van der Waals surface area contributed by atoms with E-state index >= 15 is 0 Å². The van der Waals surface area contributed by atoms with E-state index in [1.54, 1.807) is 19.9 Å². The van der Waals surface area contributed by atoms with Gasteiger partial charge in [-0.2, -0.15) is 0 Å². The molecule has 1 aromatic heterocycles. The van der Waals surface area contributed by atoms with E-state index in [9.17, 15) is 9.59 Å². The van der Waals surface area contributed by atoms with Crippen LogP contribution in [0.2, 0.25) is 0 Å². The van der Waals surface area contributed by atoms with Gasteiger partial charge in [-0.15, -0.1) is 0 Å². The minimum absolute atomic E-state index is 0.203. The fraction of sp³-hybridized carbons (Fsp3) is 0.130. The average molecular weight is 359 g/mol. The maximum absolute atomic E-state index is 13.3. The fourth-order valence-electron chi connectivity index (χ4n) is 3.16. The van der Waals surface area contributed by atoms with Crippen molar-refractivity contribution in [1.82, 2.24) is 4.98 Å². The van der Waals surface area contributed by atoms with E-state index in [4.69, 9.17) is 4.74 Å². The Morgan fingerprint density at radius 3 is 2.19 bits per heavy atom. The Morgan fingerprint density at radius 1 is 0.852 bits per heavy atom. The number of ketones is 1. The second-order valence-corrected chi connectivity index (χ2v) is 6.28. The highest BCUT2D eigenvalue weighted by molar-refractivity contribution is 6.17. The van der Waals surface area contributed by atoms with Crippen molar-refractivity contribution in [2.75, 3.05) is 7.11 Å². The van der Waals surface area contributed by atoms with E-state index < -0.39 is 5.97 Å². The summed E-state index contributed by atoms with van der Waals surface area (Å²) in [6, 6.07) is 17.2. The van der Waals surface area contributed by atoms with Crippen molar-refractivity contribution in [2.24, 2.45) is 0 Å². The van der Waals surface area contributed by atoms with Crippen LogP contribution in [0.15, 0.2) is 54.6 Å². The maximum Gasteiger partial charge on any atom is 0.340 e. The summed E-state index contributed by atoms with van der Waals surface area (Å²) in [6.45, 7) is 3.55. The minimum Gasteiger partial charge on any atom is -0.465 e. The third kappa shape index (κ3) is 3.75. The van der Waals surface area contributed by atoms with Crippen molar-refractivity contribution in [3.63, 3.8) is 0 Å². The topological polar surface area (TPSA) is 59.2 Å². The number of hydrogen-bond donors (Lipinski definition) is 1. The molecule has 0 aliphatic heterocycles. The molecule has 27 heavy (non-hydrogen) atoms. The highest BCUT2D eigenvalue weighted by Crippen LogP contribution is 2.25. The normalized spacial score (nSPS) is 10.9. The largest absolute Gasteiger partial charge is 0.465 e. The van der Waals surface area contributed by atoms with Crippen molar-refractivity contribution >= 4 is 23.9 Å². The van der Waals surface area contributed by atoms with Gasteiger partial charge in [0.05, 0.1) is 18.2 Å². The number of aryl methyl sites for hydroxylation is 2. The van der Waals surface area contributed by atoms with Crippen molar-refractivity contribution < 1.29 is 14.3 Å². The number of aromatic nitrogens is 1. The Kier molecular flexibility index (Phi) is 5.36. The van der Waals surface area contributed by atoms with Crippen LogP contribution in [-0.2, 0) is 4.74 Å². The zero-order valence-corrected chi connectivity index (χ0v) is 15.6. The van der Waals surface area contributed by atoms with Crippen LogP contribution in [0, 0.1) is 13.8 Å². The fourth-order valence-corrected chi connectivity index (χ4v) is 3.16. The first-order chi connectivity index (χ1) is 13.0. The minimum atomic E-state index is -0.516. The Morgan fingerprint density at radius 2 is 1.48 bits per heavy atom. The van der Waals surface area contributed by atoms with Crippen LogP contribution < -0.4 is 0 Å². The van der Waals surface area contributed by atoms with Crippen LogP contribution in [0.4, 0.5) is 0 Å². The summed E-state index contributed by atoms with van der Waals surface area (Å²) < 4.78 is 4.87. The third-order valence-corrected chi connectivity index (χ3v) is 4.45. The SMILES string of the molecule is COC(=O)c1c(C)[nH]c(C)c1C(=O)c1ccccc1/C=C/c1ccccc1. The standard InChI is InChI=1S/C23H21NO3/c1-15-20(21(16(2)24-15)23(26)27-3)22(25)19-12-8-7-11-18(19)14-13-17-9-5-4-6-10-17/h4-14,24H,1-3H3/b14-13+. The third-order valence-electron chi connectivity index (χ3n) is 4.45. The summed E-state index contributed by atoms with van der Waals surface area (Å²) in [5.74, 6) is -0.719. The molecule has 4 nitrogen and oxygen atoms in total. The molecule has 2 aromatic carbocycles. The zero-order valence-electron chi connectivity index (χ0n) is 15.6. The molecule has 1 N–H and O–H groups in total. The number of nitrogens with one attached hydrogen (secondary N) is 1. The molecule has 0 spiro atoms. The Balaban J connectivity index is 2.05. The second kappa shape index (κ2) is 7.87. The van der Waals surface area contributed by atoms with E-state index in [1.165, 1.54) is 7.11 Å². The molecule has 1 heterocycles. The van der Waals surface area contributed by atoms with Gasteiger partial charge in [0, 0.05) is 17.0 Å². The van der Waals surface area contributed by atoms with Gasteiger partial charge in [0.1, 0.15) is 0 Å². The van der Waals surface area contributed by atoms with Gasteiger partial charge in [-0.3, -0.25) is 4.79 Å². The molecular weight excluding hydrogens is 338 g/mol. The van der Waals surface area contributed by atoms with Crippen LogP contribution in [0.25, 0.3) is 12.2 Å². The number of benzene rings is 2. The zero-order chi connectivity index (χ0) is 19.4. The van der Waals surface area contributed by atoms with Gasteiger partial charge in [0.2, 0.25) is 0 Å². The molecular formula is C23H21NO3. The first kappa shape index (κ1) is 18.4. The van der Waals surface area contributed by atoms with Crippen LogP contribution in [-0.4, -0.2) is 23.8 Å². The van der Waals surface area contributed by atoms with E-state index in [0.29, 0.717) is 28.1 Å². The molecule has 3 rings (SSSR count). The monoisotopic (exact) mass is 359 g/mol. The van der Waals surface area contributed by atoms with Crippen molar-refractivity contribution in [1.29, 1.82) is 0 Å². The summed E-state index contributed by atoms with van der Waals surface area (Å²) >= 11 is 0. The Bertz CT molecular complexity index is 1010. The smallest absolute Gasteiger partial charge is 0.340 e. The summed E-state index contributed by atoms with van der Waals surface area (Å²) in [5, 5.41) is 0. The summed E-state index contributed by atoms with van der Waals surface area (Å²) in [6.07, 6.45) is 3.87. The van der Waals surface area contributed by atoms with Gasteiger partial charge < -0.3 is 9.72 Å². The maximum atomic E-state index is 13.3. The van der Waals surface area contributed by atoms with Crippen LogP contribution in [0.5, 0.6) is 0 Å². The molecule has 0 saturated heterocycles. The number of rotatable bonds is 5. The van der Waals surface area contributed by atoms with Gasteiger partial charge in [0.15, 0.2) is 5.78 Å². The second-order valence-electron chi connectivity index (χ2n) is 6.28. The lowest BCUT2D eigenvalue weighted by Crippen LogP contribution is -2.12. The number of methoxy groups -OCH3 is 1. The van der Waals surface area contributed by atoms with Gasteiger partial charge in [-0.25, -0.2) is 4.79 Å². The first-order valence-corrected chi connectivity index (χ1v) is 8.67. The molecule has 0 aliphatic rings. The predicted octanol–water partition coefficient (Wildman–Crippen LogP) is 4.82. The molecule has 0 bridgehead atoms. The lowest BCUT2D eigenvalue weighted by molar-refractivity contribution is 0.0597. The van der Waals surface area contributed by atoms with E-state index in [1.807, 2.05) is 60.7 Å². The molecule has 3 aromatic rings. The van der Waals surface area contributed by atoms with Gasteiger partial charge in [0.25, 0.3) is 0 Å². The van der Waals surface area contributed by atoms with Crippen LogP contribution >= 0.6 is 0 Å². The van der Waals surface area contributed by atoms with E-state index in [-0.39, 0.29) is 5.78 Å². The van der Waals surface area contributed by atoms with Crippen molar-refractivity contribution in [3.8, 4) is 0 Å². The summed E-state index contributed by atoms with van der Waals surface area (Å²) in [7, 11) is 1.31. The number of esters is 1. The van der Waals surface area contributed by atoms with Crippen LogP contribution in [0.3, 0.4) is 0 Å². The summed E-state index contributed by atoms with van der Waals surface area (Å²) in [5.41, 5.74) is 4.31. The quantitative estimate of drug-likeness (QED) is 0.404. The molecule has 4 heteroatoms. The van der Waals surface area contributed by atoms with Gasteiger partial charge in [-0.1, -0.05) is 66.7 Å². The number of H-pyrrole nitrogens is 1. The predicted molar refractivity (Wildman–Crippen MR) is 107 cm³/mol. The molecule has 0 amide bonds. The number of carbonyl (C=O) groups is 2. The molecule has 0 fully saturated rings. The Hall–Kier alpha value is -3.40. The van der Waals surface area contributed by atoms with Crippen molar-refractivity contribution in [2.45, 2.75) is 13.8 Å². The molecule has 0 unspecified atom stereocenters. The van der Waals surface area contributed by atoms with Crippen LogP contribution in [0.1, 0.15) is 48.8 Å². The van der Waals surface area contributed by atoms with E-state index in [0.717, 1.165) is 11.1 Å². The number of ether oxygens (including phenoxy) is 1. The van der Waals surface area contributed by atoms with E-state index in [2.05, 4.69) is 4.98 Å². The molecule has 0 aliphatic carbocycles. The lowest BCUT2D eigenvalue weighted by Gasteiger charge is -2.08. The highest BCUT2D eigenvalue weighted by Gasteiger charge is 2.26. The number of hydrogen-bond acceptors (Lipinski definition) is 3. The van der Waals surface area contributed by atoms with Gasteiger partial charge in [-0.05, 0) is 25.0 Å². The Labute approximate surface area is 158 Å². The molecule has 0 atom stereocenters.